The van der Waals surface area contributed by atoms with Crippen LogP contribution >= 0.6 is 0 Å². The fourth-order valence-electron chi connectivity index (χ4n) is 0.521. The van der Waals surface area contributed by atoms with Gasteiger partial charge in [-0.15, -0.1) is 0 Å². The highest BCUT2D eigenvalue weighted by Gasteiger charge is 2.03. The van der Waals surface area contributed by atoms with Gasteiger partial charge in [0.25, 0.3) is 5.91 Å². The van der Waals surface area contributed by atoms with E-state index in [1.165, 1.54) is 6.08 Å². The minimum absolute atomic E-state index is 0.264. The van der Waals surface area contributed by atoms with Crippen LogP contribution in [-0.2, 0) is 9.59 Å². The van der Waals surface area contributed by atoms with Gasteiger partial charge in [-0.05, 0) is 19.9 Å². The Balaban J connectivity index is 0. The van der Waals surface area contributed by atoms with Gasteiger partial charge in [-0.3, -0.25) is 14.5 Å². The van der Waals surface area contributed by atoms with Gasteiger partial charge in [-0.1, -0.05) is 19.9 Å². The number of likely N-dealkylation sites (N-methyl/N-ethyl adjacent to an activating group) is 1. The summed E-state index contributed by atoms with van der Waals surface area (Å²) in [6.07, 6.45) is 3.49. The van der Waals surface area contributed by atoms with E-state index in [0.29, 0.717) is 13.0 Å². The van der Waals surface area contributed by atoms with Crippen molar-refractivity contribution in [2.45, 2.75) is 27.7 Å². The molecule has 0 aromatic rings. The van der Waals surface area contributed by atoms with Crippen LogP contribution in [0, 0.1) is 0 Å². The molecule has 0 heterocycles. The fraction of sp³-hybridized carbons (Fsp3) is 0.556. The highest BCUT2D eigenvalue weighted by atomic mass is 16.2. The molecule has 3 nitrogen and oxygen atoms in total. The molecular weight excluding hydrogens is 154 g/mol. The molecule has 0 unspecified atom stereocenters. The van der Waals surface area contributed by atoms with Crippen LogP contribution in [-0.4, -0.2) is 23.8 Å². The molecule has 3 heteroatoms. The Morgan fingerprint density at radius 2 is 1.92 bits per heavy atom. The molecule has 12 heavy (non-hydrogen) atoms. The van der Waals surface area contributed by atoms with Gasteiger partial charge < -0.3 is 0 Å². The van der Waals surface area contributed by atoms with Crippen LogP contribution in [0.25, 0.3) is 0 Å². The molecule has 0 aliphatic rings. The van der Waals surface area contributed by atoms with Crippen LogP contribution in [0.15, 0.2) is 12.2 Å². The van der Waals surface area contributed by atoms with Crippen molar-refractivity contribution in [3.8, 4) is 0 Å². The van der Waals surface area contributed by atoms with Crippen molar-refractivity contribution in [2.75, 3.05) is 6.54 Å². The van der Waals surface area contributed by atoms with Crippen molar-refractivity contribution >= 4 is 12.3 Å². The third-order valence-corrected chi connectivity index (χ3v) is 1.06. The lowest BCUT2D eigenvalue weighted by molar-refractivity contribution is -0.134. The molecule has 0 radical (unpaired) electrons. The maximum Gasteiger partial charge on any atom is 0.252 e. The van der Waals surface area contributed by atoms with Gasteiger partial charge in [0.15, 0.2) is 0 Å². The van der Waals surface area contributed by atoms with E-state index in [9.17, 15) is 9.59 Å². The smallest absolute Gasteiger partial charge is 0.252 e. The van der Waals surface area contributed by atoms with Crippen molar-refractivity contribution in [1.82, 2.24) is 4.90 Å². The second-order valence-electron chi connectivity index (χ2n) is 1.73. The molecule has 0 aromatic heterocycles. The lowest BCUT2D eigenvalue weighted by Crippen LogP contribution is -2.27. The molecule has 0 rings (SSSR count). The maximum atomic E-state index is 10.8. The highest BCUT2D eigenvalue weighted by Crippen LogP contribution is 1.85. The summed E-state index contributed by atoms with van der Waals surface area (Å²) in [6.45, 7) is 7.90. The first-order valence-corrected chi connectivity index (χ1v) is 4.14. The van der Waals surface area contributed by atoms with Crippen LogP contribution in [0.5, 0.6) is 0 Å². The third kappa shape index (κ3) is 5.65. The average Bonchev–Trinajstić information content (AvgIpc) is 2.11. The summed E-state index contributed by atoms with van der Waals surface area (Å²) in [5.74, 6) is -0.264. The summed E-state index contributed by atoms with van der Waals surface area (Å²) in [5, 5.41) is 0. The topological polar surface area (TPSA) is 37.4 Å². The average molecular weight is 171 g/mol. The van der Waals surface area contributed by atoms with E-state index in [1.54, 1.807) is 19.9 Å². The molecule has 70 valence electrons. The predicted octanol–water partition coefficient (Wildman–Crippen LogP) is 1.59. The first-order chi connectivity index (χ1) is 5.76. The Kier molecular flexibility index (Phi) is 11.1. The fourth-order valence-corrected chi connectivity index (χ4v) is 0.521. The molecule has 0 N–H and O–H groups in total. The third-order valence-electron chi connectivity index (χ3n) is 1.06. The maximum absolute atomic E-state index is 10.8. The molecule has 0 aromatic carbocycles. The summed E-state index contributed by atoms with van der Waals surface area (Å²) in [5.41, 5.74) is 0. The number of allylic oxidation sites excluding steroid dienone is 1. The zero-order valence-corrected chi connectivity index (χ0v) is 8.20. The van der Waals surface area contributed by atoms with Gasteiger partial charge in [0, 0.05) is 6.54 Å². The van der Waals surface area contributed by atoms with E-state index >= 15 is 0 Å². The number of carbonyl (C=O) groups is 2. The van der Waals surface area contributed by atoms with E-state index < -0.39 is 0 Å². The van der Waals surface area contributed by atoms with Crippen molar-refractivity contribution in [3.63, 3.8) is 0 Å². The Morgan fingerprint density at radius 3 is 2.17 bits per heavy atom. The van der Waals surface area contributed by atoms with E-state index in [0.717, 1.165) is 4.90 Å². The molecule has 0 bridgehead atoms. The van der Waals surface area contributed by atoms with Crippen LogP contribution in [0.1, 0.15) is 27.7 Å². The van der Waals surface area contributed by atoms with Crippen LogP contribution in [0.4, 0.5) is 0 Å². The molecular formula is C9H17NO2. The monoisotopic (exact) mass is 171 g/mol. The number of imide groups is 1. The van der Waals surface area contributed by atoms with Gasteiger partial charge in [-0.2, -0.15) is 0 Å². The van der Waals surface area contributed by atoms with Crippen molar-refractivity contribution < 1.29 is 9.59 Å². The molecule has 0 fully saturated rings. The highest BCUT2D eigenvalue weighted by molar-refractivity contribution is 5.94. The summed E-state index contributed by atoms with van der Waals surface area (Å²) in [6, 6.07) is 0. The Labute approximate surface area is 74.1 Å². The van der Waals surface area contributed by atoms with E-state index in [4.69, 9.17) is 0 Å². The van der Waals surface area contributed by atoms with Crippen LogP contribution in [0.3, 0.4) is 0 Å². The van der Waals surface area contributed by atoms with Gasteiger partial charge in [-0.25, -0.2) is 0 Å². The van der Waals surface area contributed by atoms with Gasteiger partial charge in [0.05, 0.1) is 0 Å². The second-order valence-corrected chi connectivity index (χ2v) is 1.73. The number of hydrogen-bond donors (Lipinski definition) is 0. The van der Waals surface area contributed by atoms with E-state index in [1.807, 2.05) is 13.8 Å². The lowest BCUT2D eigenvalue weighted by Gasteiger charge is -2.08. The Morgan fingerprint density at radius 1 is 1.42 bits per heavy atom. The van der Waals surface area contributed by atoms with Crippen molar-refractivity contribution in [3.05, 3.63) is 12.2 Å². The first-order valence-electron chi connectivity index (χ1n) is 4.14. The van der Waals surface area contributed by atoms with Gasteiger partial charge in [0.1, 0.15) is 0 Å². The summed E-state index contributed by atoms with van der Waals surface area (Å²) >= 11 is 0. The lowest BCUT2D eigenvalue weighted by atomic mass is 10.4. The molecule has 0 saturated carbocycles. The van der Waals surface area contributed by atoms with Gasteiger partial charge >= 0.3 is 0 Å². The number of rotatable bonds is 3. The summed E-state index contributed by atoms with van der Waals surface area (Å²) in [7, 11) is 0. The zero-order chi connectivity index (χ0) is 9.98. The summed E-state index contributed by atoms with van der Waals surface area (Å²) in [4.78, 5) is 22.0. The quantitative estimate of drug-likeness (QED) is 0.477. The summed E-state index contributed by atoms with van der Waals surface area (Å²) < 4.78 is 0. The molecule has 0 atom stereocenters. The van der Waals surface area contributed by atoms with Crippen molar-refractivity contribution in [1.29, 1.82) is 0 Å². The van der Waals surface area contributed by atoms with Crippen molar-refractivity contribution in [2.24, 2.45) is 0 Å². The standard InChI is InChI=1S/C7H11NO2.C2H6/c1-3-5-7(10)8(4-2)6-9;1-2/h3,5-6H,4H2,1-2H3;1-2H3/b5-3-;. The number of amides is 2. The minimum atomic E-state index is -0.264. The molecule has 0 saturated heterocycles. The Hall–Kier alpha value is -1.12. The number of nitrogens with zero attached hydrogens (tertiary/aromatic N) is 1. The molecule has 0 spiro atoms. The predicted molar refractivity (Wildman–Crippen MR) is 49.6 cm³/mol. The number of carbonyl (C=O) groups excluding carboxylic acids is 2. The normalized spacial score (nSPS) is 8.67. The minimum Gasteiger partial charge on any atom is -0.282 e. The molecule has 2 amide bonds. The second kappa shape index (κ2) is 9.88. The molecule has 0 aliphatic heterocycles. The van der Waals surface area contributed by atoms with Gasteiger partial charge in [0.2, 0.25) is 6.41 Å². The SMILES string of the molecule is C/C=C\C(=O)N(C=O)CC.CC. The Bertz CT molecular complexity index is 153. The first kappa shape index (κ1) is 13.5. The largest absolute Gasteiger partial charge is 0.282 e. The van der Waals surface area contributed by atoms with E-state index in [2.05, 4.69) is 0 Å². The van der Waals surface area contributed by atoms with E-state index in [-0.39, 0.29) is 5.91 Å². The number of hydrogen-bond acceptors (Lipinski definition) is 2. The molecule has 0 aliphatic carbocycles. The van der Waals surface area contributed by atoms with Crippen LogP contribution in [0.2, 0.25) is 0 Å². The van der Waals surface area contributed by atoms with Crippen LogP contribution < -0.4 is 0 Å². The zero-order valence-electron chi connectivity index (χ0n) is 8.20.